The van der Waals surface area contributed by atoms with Gasteiger partial charge in [-0.25, -0.2) is 9.97 Å². The van der Waals surface area contributed by atoms with Crippen LogP contribution in [0, 0.1) is 16.7 Å². The summed E-state index contributed by atoms with van der Waals surface area (Å²) in [4.78, 5) is 39.5. The van der Waals surface area contributed by atoms with E-state index in [1.807, 2.05) is 10.9 Å². The second kappa shape index (κ2) is 12.2. The van der Waals surface area contributed by atoms with Crippen molar-refractivity contribution in [3.63, 3.8) is 0 Å². The average Bonchev–Trinajstić information content (AvgIpc) is 3.28. The zero-order valence-corrected chi connectivity index (χ0v) is 27.1. The Kier molecular flexibility index (Phi) is 8.48. The van der Waals surface area contributed by atoms with Crippen molar-refractivity contribution >= 4 is 55.5 Å². The summed E-state index contributed by atoms with van der Waals surface area (Å²) in [5.41, 5.74) is 4.05. The van der Waals surface area contributed by atoms with E-state index in [0.29, 0.717) is 47.9 Å². The van der Waals surface area contributed by atoms with Crippen molar-refractivity contribution in [2.75, 3.05) is 50.0 Å². The van der Waals surface area contributed by atoms with Gasteiger partial charge in [0.25, 0.3) is 5.91 Å². The van der Waals surface area contributed by atoms with Crippen LogP contribution < -0.4 is 14.9 Å². The lowest BCUT2D eigenvalue weighted by atomic mass is 9.69. The first-order valence-electron chi connectivity index (χ1n) is 15.3. The molecule has 0 aliphatic carbocycles. The molecule has 2 saturated heterocycles. The number of fused-ring (bicyclic) bond motifs is 1. The highest BCUT2D eigenvalue weighted by molar-refractivity contribution is 6.70. The van der Waals surface area contributed by atoms with E-state index in [0.717, 1.165) is 48.9 Å². The molecule has 3 aliphatic rings. The number of methoxy groups -OCH3 is 1. The Labute approximate surface area is 274 Å². The molecule has 3 aliphatic heterocycles. The van der Waals surface area contributed by atoms with Gasteiger partial charge in [-0.05, 0) is 68.6 Å². The predicted molar refractivity (Wildman–Crippen MR) is 179 cm³/mol. The smallest absolute Gasteiger partial charge is 0.376 e. The maximum Gasteiger partial charge on any atom is 0.376 e. The molecule has 46 heavy (non-hydrogen) atoms. The summed E-state index contributed by atoms with van der Waals surface area (Å²) in [6, 6.07) is 11.1. The van der Waals surface area contributed by atoms with Gasteiger partial charge in [0.1, 0.15) is 18.0 Å². The molecular formula is C32H35B2ClN7O4. The number of nitriles is 1. The minimum atomic E-state index is -0.500. The summed E-state index contributed by atoms with van der Waals surface area (Å²) < 4.78 is 5.64. The van der Waals surface area contributed by atoms with E-state index in [1.54, 1.807) is 42.2 Å². The van der Waals surface area contributed by atoms with E-state index in [9.17, 15) is 19.9 Å². The first-order chi connectivity index (χ1) is 22.0. The van der Waals surface area contributed by atoms with Gasteiger partial charge in [0, 0.05) is 47.9 Å². The second-order valence-corrected chi connectivity index (χ2v) is 13.5. The summed E-state index contributed by atoms with van der Waals surface area (Å²) in [7, 11) is 2.48. The molecule has 0 saturated carbocycles. The van der Waals surface area contributed by atoms with Gasteiger partial charge in [-0.3, -0.25) is 4.79 Å². The van der Waals surface area contributed by atoms with E-state index < -0.39 is 7.05 Å². The highest BCUT2D eigenvalue weighted by atomic mass is 35.5. The lowest BCUT2D eigenvalue weighted by Crippen LogP contribution is -2.65. The Balaban J connectivity index is 1.23. The number of hydrogen-bond donors (Lipinski definition) is 2. The van der Waals surface area contributed by atoms with Gasteiger partial charge in [0.2, 0.25) is 5.95 Å². The number of benzene rings is 2. The highest BCUT2D eigenvalue weighted by Crippen LogP contribution is 2.45. The summed E-state index contributed by atoms with van der Waals surface area (Å²) in [5.74, 6) is 0.530. The van der Waals surface area contributed by atoms with Crippen molar-refractivity contribution in [1.82, 2.24) is 19.7 Å². The lowest BCUT2D eigenvalue weighted by molar-refractivity contribution is -0.0258. The number of nitrogens with one attached hydrogen (secondary N) is 1. The third-order valence-corrected chi connectivity index (χ3v) is 9.64. The van der Waals surface area contributed by atoms with Gasteiger partial charge in [-0.15, -0.1) is 0 Å². The first-order valence-corrected chi connectivity index (χ1v) is 15.7. The van der Waals surface area contributed by atoms with Crippen LogP contribution in [-0.2, 0) is 10.2 Å². The van der Waals surface area contributed by atoms with Crippen molar-refractivity contribution in [3.05, 3.63) is 58.2 Å². The van der Waals surface area contributed by atoms with E-state index in [1.165, 1.54) is 14.5 Å². The standard InChI is InChI=1S/C32H35B2ClN7O4/c1-31(2)15-42(33-19-43)28-21(14-36)10-20(11-23(28)31)25-6-8-37-30(38-25)39-26-13-24(35)22(12-27(26)46-4)29(44)40-16-32(17-40)7-5-9-41(18-32)34(3)45/h6,8,10-13,19,45H,5,7,9,15-18H2,1-4H3,(H,37,38,39). The van der Waals surface area contributed by atoms with E-state index in [2.05, 4.69) is 35.0 Å². The van der Waals surface area contributed by atoms with Gasteiger partial charge in [0.15, 0.2) is 0 Å². The third-order valence-electron chi connectivity index (χ3n) is 9.33. The van der Waals surface area contributed by atoms with Crippen molar-refractivity contribution in [3.8, 4) is 23.1 Å². The number of carbonyl (C=O) groups is 2. The van der Waals surface area contributed by atoms with Gasteiger partial charge in [-0.2, -0.15) is 5.26 Å². The molecule has 1 aromatic heterocycles. The van der Waals surface area contributed by atoms with Crippen LogP contribution in [0.3, 0.4) is 0 Å². The van der Waals surface area contributed by atoms with Gasteiger partial charge >= 0.3 is 14.5 Å². The fraction of sp³-hybridized carbons (Fsp3) is 0.406. The largest absolute Gasteiger partial charge is 0.495 e. The Morgan fingerprint density at radius 1 is 1.24 bits per heavy atom. The molecule has 2 N–H and O–H groups in total. The number of amides is 1. The predicted octanol–water partition coefficient (Wildman–Crippen LogP) is 3.98. The number of rotatable bonds is 8. The zero-order chi connectivity index (χ0) is 32.8. The Hall–Kier alpha value is -4.11. The maximum absolute atomic E-state index is 13.5. The number of carbonyl (C=O) groups excluding carboxylic acids is 2. The van der Waals surface area contributed by atoms with E-state index in [-0.39, 0.29) is 27.7 Å². The second-order valence-electron chi connectivity index (χ2n) is 13.1. The van der Waals surface area contributed by atoms with Crippen molar-refractivity contribution < 1.29 is 19.3 Å². The molecule has 6 rings (SSSR count). The molecule has 2 fully saturated rings. The Morgan fingerprint density at radius 3 is 2.72 bits per heavy atom. The van der Waals surface area contributed by atoms with E-state index in [4.69, 9.17) is 21.3 Å². The summed E-state index contributed by atoms with van der Waals surface area (Å²) in [6.07, 6.45) is 4.37. The number of piperidine rings is 1. The third kappa shape index (κ3) is 5.81. The minimum Gasteiger partial charge on any atom is -0.495 e. The van der Waals surface area contributed by atoms with Gasteiger partial charge in [-0.1, -0.05) is 25.4 Å². The molecule has 1 spiro atoms. The monoisotopic (exact) mass is 638 g/mol. The molecule has 0 bridgehead atoms. The fourth-order valence-electron chi connectivity index (χ4n) is 7.07. The molecular weight excluding hydrogens is 603 g/mol. The van der Waals surface area contributed by atoms with E-state index >= 15 is 0 Å². The molecule has 235 valence electrons. The lowest BCUT2D eigenvalue weighted by Gasteiger charge is -2.55. The fourth-order valence-corrected chi connectivity index (χ4v) is 7.31. The molecule has 2 aromatic carbocycles. The van der Waals surface area contributed by atoms with Crippen LogP contribution in [0.1, 0.15) is 48.2 Å². The van der Waals surface area contributed by atoms with Crippen LogP contribution in [0.4, 0.5) is 17.3 Å². The number of ether oxygens (including phenoxy) is 1. The summed E-state index contributed by atoms with van der Waals surface area (Å²) >= 11 is 6.68. The summed E-state index contributed by atoms with van der Waals surface area (Å²) in [6.45, 7) is 9.39. The molecule has 4 heterocycles. The van der Waals surface area contributed by atoms with Gasteiger partial charge in [0.05, 0.1) is 34.6 Å². The van der Waals surface area contributed by atoms with Crippen molar-refractivity contribution in [2.24, 2.45) is 5.41 Å². The summed E-state index contributed by atoms with van der Waals surface area (Å²) in [5, 5.41) is 23.5. The van der Waals surface area contributed by atoms with Crippen LogP contribution >= 0.6 is 11.6 Å². The number of aromatic nitrogens is 2. The normalized spacial score (nSPS) is 17.9. The number of halogens is 1. The molecule has 1 radical (unpaired) electrons. The van der Waals surface area contributed by atoms with Crippen molar-refractivity contribution in [2.45, 2.75) is 38.9 Å². The maximum atomic E-state index is 13.5. The minimum absolute atomic E-state index is 0.00123. The van der Waals surface area contributed by atoms with Crippen LogP contribution in [-0.4, -0.2) is 91.1 Å². The highest BCUT2D eigenvalue weighted by Gasteiger charge is 2.48. The Bertz CT molecular complexity index is 1740. The molecule has 3 aromatic rings. The van der Waals surface area contributed by atoms with Crippen LogP contribution in [0.2, 0.25) is 11.8 Å². The number of nitrogens with zero attached hydrogens (tertiary/aromatic N) is 6. The average molecular weight is 639 g/mol. The van der Waals surface area contributed by atoms with Crippen molar-refractivity contribution in [1.29, 1.82) is 5.26 Å². The number of hydrogen-bond acceptors (Lipinski definition) is 10. The number of anilines is 3. The van der Waals surface area contributed by atoms with Gasteiger partial charge < -0.3 is 34.4 Å². The molecule has 0 atom stereocenters. The molecule has 1 amide bonds. The molecule has 11 nitrogen and oxygen atoms in total. The van der Waals surface area contributed by atoms with Crippen LogP contribution in [0.15, 0.2) is 36.5 Å². The molecule has 14 heteroatoms. The zero-order valence-electron chi connectivity index (χ0n) is 26.4. The topological polar surface area (TPSA) is 135 Å². The van der Waals surface area contributed by atoms with Crippen LogP contribution in [0.25, 0.3) is 11.3 Å². The quantitative estimate of drug-likeness (QED) is 0.276. The van der Waals surface area contributed by atoms with Crippen LogP contribution in [0.5, 0.6) is 5.75 Å². The molecule has 0 unspecified atom stereocenters. The Morgan fingerprint density at radius 2 is 2.02 bits per heavy atom. The number of likely N-dealkylation sites (tertiary alicyclic amines) is 1. The SMILES string of the molecule is COc1cc(C(=O)N2CC3(CCCN(B(C)O)C3)C2)c(Cl)cc1Nc1nccc(-c2cc(C#N)c3c(c2)C(C)(C)CN3[B]C=O)n1. The first kappa shape index (κ1) is 31.9.